The van der Waals surface area contributed by atoms with Gasteiger partial charge in [0, 0.05) is 11.4 Å². The molecule has 1 aromatic carbocycles. The van der Waals surface area contributed by atoms with Crippen molar-refractivity contribution < 1.29 is 9.90 Å². The normalized spacial score (nSPS) is 11.6. The van der Waals surface area contributed by atoms with Crippen LogP contribution in [0.2, 0.25) is 5.02 Å². The van der Waals surface area contributed by atoms with Crippen LogP contribution in [0.15, 0.2) is 18.2 Å². The highest BCUT2D eigenvalue weighted by Crippen LogP contribution is 2.20. The fraction of sp³-hybridized carbons (Fsp3) is 0.333. The average Bonchev–Trinajstić information content (AvgIpc) is 2.27. The molecule has 0 saturated carbocycles. The van der Waals surface area contributed by atoms with Gasteiger partial charge in [-0.25, -0.2) is 0 Å². The number of carbonyl (C=O) groups is 1. The quantitative estimate of drug-likeness (QED) is 0.864. The molecule has 0 aliphatic heterocycles. The lowest BCUT2D eigenvalue weighted by molar-refractivity contribution is -0.116. The molecule has 90 valence electrons. The van der Waals surface area contributed by atoms with E-state index in [-0.39, 0.29) is 12.3 Å². The summed E-state index contributed by atoms with van der Waals surface area (Å²) in [6.07, 6.45) is 0.0686. The van der Waals surface area contributed by atoms with Gasteiger partial charge in [0.15, 0.2) is 0 Å². The van der Waals surface area contributed by atoms with Crippen LogP contribution in [0.25, 0.3) is 0 Å². The molecular formula is C12H13ClN2O2. The first kappa shape index (κ1) is 13.5. The van der Waals surface area contributed by atoms with E-state index in [9.17, 15) is 4.79 Å². The van der Waals surface area contributed by atoms with Crippen molar-refractivity contribution in [3.05, 3.63) is 28.8 Å². The van der Waals surface area contributed by atoms with E-state index in [1.165, 1.54) is 6.07 Å². The smallest absolute Gasteiger partial charge is 0.224 e. The van der Waals surface area contributed by atoms with E-state index < -0.39 is 6.10 Å². The van der Waals surface area contributed by atoms with Crippen molar-refractivity contribution in [2.45, 2.75) is 25.9 Å². The Bertz CT molecular complexity index is 452. The van der Waals surface area contributed by atoms with Crippen molar-refractivity contribution in [2.75, 3.05) is 5.32 Å². The van der Waals surface area contributed by atoms with Crippen molar-refractivity contribution in [3.63, 3.8) is 0 Å². The molecule has 17 heavy (non-hydrogen) atoms. The predicted molar refractivity (Wildman–Crippen MR) is 65.7 cm³/mol. The molecule has 0 bridgehead atoms. The number of nitrogens with one attached hydrogen (secondary N) is 1. The zero-order valence-corrected chi connectivity index (χ0v) is 10.2. The Balaban J connectivity index is 2.71. The average molecular weight is 253 g/mol. The zero-order valence-electron chi connectivity index (χ0n) is 9.40. The molecule has 1 aromatic rings. The fourth-order valence-corrected chi connectivity index (χ4v) is 1.44. The highest BCUT2D eigenvalue weighted by molar-refractivity contribution is 6.31. The maximum Gasteiger partial charge on any atom is 0.224 e. The summed E-state index contributed by atoms with van der Waals surface area (Å²) in [7, 11) is 0. The van der Waals surface area contributed by atoms with E-state index in [0.717, 1.165) is 0 Å². The van der Waals surface area contributed by atoms with Crippen molar-refractivity contribution in [1.29, 1.82) is 5.26 Å². The molecule has 4 nitrogen and oxygen atoms in total. The Morgan fingerprint density at radius 1 is 1.65 bits per heavy atom. The summed E-state index contributed by atoms with van der Waals surface area (Å²) >= 11 is 5.78. The number of anilines is 1. The topological polar surface area (TPSA) is 73.1 Å². The van der Waals surface area contributed by atoms with Crippen LogP contribution in [-0.4, -0.2) is 17.1 Å². The highest BCUT2D eigenvalue weighted by Gasteiger charge is 2.08. The summed E-state index contributed by atoms with van der Waals surface area (Å²) in [5.74, 6) is -0.246. The van der Waals surface area contributed by atoms with Crippen LogP contribution in [0.4, 0.5) is 5.69 Å². The maximum absolute atomic E-state index is 11.5. The number of amides is 1. The SMILES string of the molecule is CC(O)CCC(=O)Nc1cc(Cl)ccc1C#N. The molecule has 1 atom stereocenters. The molecule has 2 N–H and O–H groups in total. The van der Waals surface area contributed by atoms with Gasteiger partial charge in [-0.15, -0.1) is 0 Å². The van der Waals surface area contributed by atoms with Crippen molar-refractivity contribution in [2.24, 2.45) is 0 Å². The first-order valence-corrected chi connectivity index (χ1v) is 5.58. The zero-order chi connectivity index (χ0) is 12.8. The van der Waals surface area contributed by atoms with Gasteiger partial charge in [-0.3, -0.25) is 4.79 Å². The summed E-state index contributed by atoms with van der Waals surface area (Å²) in [5, 5.41) is 21.0. The van der Waals surface area contributed by atoms with Gasteiger partial charge in [-0.2, -0.15) is 5.26 Å². The molecule has 0 heterocycles. The Morgan fingerprint density at radius 2 is 2.35 bits per heavy atom. The predicted octanol–water partition coefficient (Wildman–Crippen LogP) is 2.31. The summed E-state index contributed by atoms with van der Waals surface area (Å²) < 4.78 is 0. The molecule has 1 unspecified atom stereocenters. The summed E-state index contributed by atoms with van der Waals surface area (Å²) in [5.41, 5.74) is 0.760. The summed E-state index contributed by atoms with van der Waals surface area (Å²) in [4.78, 5) is 11.5. The van der Waals surface area contributed by atoms with Gasteiger partial charge in [-0.1, -0.05) is 11.6 Å². The number of nitriles is 1. The van der Waals surface area contributed by atoms with Crippen LogP contribution in [0.5, 0.6) is 0 Å². The molecular weight excluding hydrogens is 240 g/mol. The van der Waals surface area contributed by atoms with Crippen LogP contribution >= 0.6 is 11.6 Å². The van der Waals surface area contributed by atoms with Crippen LogP contribution in [0.3, 0.4) is 0 Å². The van der Waals surface area contributed by atoms with E-state index in [1.807, 2.05) is 6.07 Å². The third-order valence-electron chi connectivity index (χ3n) is 2.17. The lowest BCUT2D eigenvalue weighted by Crippen LogP contribution is -2.14. The summed E-state index contributed by atoms with van der Waals surface area (Å²) in [6, 6.07) is 6.64. The Hall–Kier alpha value is -1.57. The lowest BCUT2D eigenvalue weighted by Gasteiger charge is -2.08. The van der Waals surface area contributed by atoms with E-state index in [4.69, 9.17) is 22.0 Å². The second-order valence-electron chi connectivity index (χ2n) is 3.74. The molecule has 5 heteroatoms. The van der Waals surface area contributed by atoms with Crippen molar-refractivity contribution in [3.8, 4) is 6.07 Å². The summed E-state index contributed by atoms with van der Waals surface area (Å²) in [6.45, 7) is 1.62. The van der Waals surface area contributed by atoms with E-state index >= 15 is 0 Å². The Labute approximate surface area is 105 Å². The Morgan fingerprint density at radius 3 is 2.94 bits per heavy atom. The standard InChI is InChI=1S/C12H13ClN2O2/c1-8(16)2-5-12(17)15-11-6-10(13)4-3-9(11)7-14/h3-4,6,8,16H,2,5H2,1H3,(H,15,17). The molecule has 0 radical (unpaired) electrons. The van der Waals surface area contributed by atoms with Gasteiger partial charge >= 0.3 is 0 Å². The molecule has 1 amide bonds. The van der Waals surface area contributed by atoms with Crippen molar-refractivity contribution in [1.82, 2.24) is 0 Å². The van der Waals surface area contributed by atoms with Gasteiger partial charge in [0.1, 0.15) is 6.07 Å². The maximum atomic E-state index is 11.5. The van der Waals surface area contributed by atoms with E-state index in [0.29, 0.717) is 22.7 Å². The van der Waals surface area contributed by atoms with Crippen molar-refractivity contribution >= 4 is 23.2 Å². The minimum Gasteiger partial charge on any atom is -0.393 e. The second-order valence-corrected chi connectivity index (χ2v) is 4.17. The van der Waals surface area contributed by atoms with E-state index in [2.05, 4.69) is 5.32 Å². The number of rotatable bonds is 4. The minimum absolute atomic E-state index is 0.203. The number of hydrogen-bond donors (Lipinski definition) is 2. The van der Waals surface area contributed by atoms with Gasteiger partial charge in [0.05, 0.1) is 17.4 Å². The van der Waals surface area contributed by atoms with Crippen LogP contribution in [0, 0.1) is 11.3 Å². The first-order valence-electron chi connectivity index (χ1n) is 5.20. The first-order chi connectivity index (χ1) is 8.02. The van der Waals surface area contributed by atoms with Crippen LogP contribution in [-0.2, 0) is 4.79 Å². The highest BCUT2D eigenvalue weighted by atomic mass is 35.5. The molecule has 0 aromatic heterocycles. The number of aliphatic hydroxyl groups is 1. The van der Waals surface area contributed by atoms with Crippen LogP contribution in [0.1, 0.15) is 25.3 Å². The van der Waals surface area contributed by atoms with Gasteiger partial charge in [0.25, 0.3) is 0 Å². The number of carbonyl (C=O) groups excluding carboxylic acids is 1. The largest absolute Gasteiger partial charge is 0.393 e. The third-order valence-corrected chi connectivity index (χ3v) is 2.40. The Kier molecular flexibility index (Phi) is 4.95. The fourth-order valence-electron chi connectivity index (χ4n) is 1.27. The molecule has 0 spiro atoms. The molecule has 0 aliphatic rings. The van der Waals surface area contributed by atoms with Gasteiger partial charge < -0.3 is 10.4 Å². The van der Waals surface area contributed by atoms with Gasteiger partial charge in [-0.05, 0) is 31.5 Å². The van der Waals surface area contributed by atoms with Crippen LogP contribution < -0.4 is 5.32 Å². The molecule has 0 saturated heterocycles. The van der Waals surface area contributed by atoms with Gasteiger partial charge in [0.2, 0.25) is 5.91 Å². The lowest BCUT2D eigenvalue weighted by atomic mass is 10.1. The molecule has 0 aliphatic carbocycles. The number of aliphatic hydroxyl groups excluding tert-OH is 1. The van der Waals surface area contributed by atoms with E-state index in [1.54, 1.807) is 19.1 Å². The minimum atomic E-state index is -0.518. The number of halogens is 1. The second kappa shape index (κ2) is 6.24. The number of benzene rings is 1. The number of hydrogen-bond acceptors (Lipinski definition) is 3. The molecule has 0 fully saturated rings. The number of nitrogens with zero attached hydrogens (tertiary/aromatic N) is 1. The monoisotopic (exact) mass is 252 g/mol. The molecule has 1 rings (SSSR count). The third kappa shape index (κ3) is 4.43.